The average Bonchev–Trinajstić information content (AvgIpc) is 2.33. The molecule has 56 valence electrons. The maximum Gasteiger partial charge on any atom is 0.155 e. The molecule has 0 amide bonds. The molecule has 11 heavy (non-hydrogen) atoms. The minimum absolute atomic E-state index is 0.707. The highest BCUT2D eigenvalue weighted by Crippen LogP contribution is 2.07. The molecule has 0 aliphatic carbocycles. The monoisotopic (exact) mass is 165 g/mol. The maximum atomic E-state index is 4.13. The van der Waals surface area contributed by atoms with Gasteiger partial charge in [0, 0.05) is 18.1 Å². The number of imidazole rings is 1. The van der Waals surface area contributed by atoms with Gasteiger partial charge in [0.2, 0.25) is 0 Å². The van der Waals surface area contributed by atoms with Crippen LogP contribution in [0.2, 0.25) is 0 Å². The van der Waals surface area contributed by atoms with Gasteiger partial charge in [-0.1, -0.05) is 0 Å². The van der Waals surface area contributed by atoms with Gasteiger partial charge in [0.05, 0.1) is 6.20 Å². The molecule has 0 radical (unpaired) electrons. The van der Waals surface area contributed by atoms with Crippen molar-refractivity contribution in [1.29, 1.82) is 0 Å². The number of fused-ring (bicyclic) bond motifs is 1. The Morgan fingerprint density at radius 3 is 3.00 bits per heavy atom. The van der Waals surface area contributed by atoms with E-state index in [4.69, 9.17) is 0 Å². The zero-order chi connectivity index (χ0) is 7.84. The number of nitrogens with zero attached hydrogens (tertiary/aromatic N) is 3. The van der Waals surface area contributed by atoms with Crippen molar-refractivity contribution in [3.8, 4) is 0 Å². The summed E-state index contributed by atoms with van der Waals surface area (Å²) in [6.07, 6.45) is 5.36. The van der Waals surface area contributed by atoms with E-state index >= 15 is 0 Å². The molecule has 0 spiro atoms. The average molecular weight is 165 g/mol. The molecule has 2 rings (SSSR count). The summed E-state index contributed by atoms with van der Waals surface area (Å²) < 4.78 is 1.95. The molecule has 0 bridgehead atoms. The first-order valence-corrected chi connectivity index (χ1v) is 3.71. The Kier molecular flexibility index (Phi) is 1.35. The van der Waals surface area contributed by atoms with Crippen molar-refractivity contribution in [3.05, 3.63) is 24.3 Å². The molecule has 0 saturated heterocycles. The lowest BCUT2D eigenvalue weighted by atomic mass is 10.5. The van der Waals surface area contributed by atoms with Crippen LogP contribution in [0.15, 0.2) is 23.6 Å². The molecule has 0 N–H and O–H groups in total. The first-order valence-electron chi connectivity index (χ1n) is 3.26. The molecule has 4 heteroatoms. The molecule has 0 unspecified atom stereocenters. The van der Waals surface area contributed by atoms with Crippen LogP contribution in [0.4, 0.5) is 0 Å². The molecule has 0 aromatic carbocycles. The Hall–Kier alpha value is -1.03. The highest BCUT2D eigenvalue weighted by Gasteiger charge is 1.97. The van der Waals surface area contributed by atoms with E-state index in [9.17, 15) is 0 Å². The number of hydrogen-bond donors (Lipinski definition) is 1. The van der Waals surface area contributed by atoms with E-state index in [1.807, 2.05) is 23.7 Å². The van der Waals surface area contributed by atoms with Crippen molar-refractivity contribution in [2.45, 2.75) is 11.9 Å². The molecule has 2 heterocycles. The van der Waals surface area contributed by atoms with Crippen LogP contribution in [0, 0.1) is 6.92 Å². The van der Waals surface area contributed by atoms with Crippen LogP contribution in [-0.4, -0.2) is 14.4 Å². The zero-order valence-corrected chi connectivity index (χ0v) is 6.92. The van der Waals surface area contributed by atoms with Gasteiger partial charge in [-0.25, -0.2) is 9.97 Å². The largest absolute Gasteiger partial charge is 0.300 e. The second-order valence-corrected chi connectivity index (χ2v) is 2.83. The topological polar surface area (TPSA) is 30.2 Å². The molecule has 0 atom stereocenters. The van der Waals surface area contributed by atoms with Gasteiger partial charge in [0.25, 0.3) is 0 Å². The van der Waals surface area contributed by atoms with Crippen molar-refractivity contribution in [3.63, 3.8) is 0 Å². The molecular formula is C7H7N3S. The summed E-state index contributed by atoms with van der Waals surface area (Å²) in [5.41, 5.74) is 1.96. The first kappa shape index (κ1) is 6.67. The SMILES string of the molecule is Cc1cnc2cnc(S)cn12. The smallest absolute Gasteiger partial charge is 0.155 e. The quantitative estimate of drug-likeness (QED) is 0.597. The zero-order valence-electron chi connectivity index (χ0n) is 6.02. The van der Waals surface area contributed by atoms with Crippen molar-refractivity contribution in [1.82, 2.24) is 14.4 Å². The molecule has 0 saturated carbocycles. The lowest BCUT2D eigenvalue weighted by Gasteiger charge is -1.95. The Labute approximate surface area is 69.5 Å². The van der Waals surface area contributed by atoms with Crippen LogP contribution in [0.1, 0.15) is 5.69 Å². The van der Waals surface area contributed by atoms with Gasteiger partial charge in [0.15, 0.2) is 5.65 Å². The van der Waals surface area contributed by atoms with Gasteiger partial charge in [-0.2, -0.15) is 0 Å². The second kappa shape index (κ2) is 2.23. The van der Waals surface area contributed by atoms with E-state index in [-0.39, 0.29) is 0 Å². The third kappa shape index (κ3) is 0.991. The number of rotatable bonds is 0. The van der Waals surface area contributed by atoms with E-state index in [1.54, 1.807) is 6.20 Å². The van der Waals surface area contributed by atoms with E-state index in [2.05, 4.69) is 22.6 Å². The van der Waals surface area contributed by atoms with Crippen LogP contribution in [-0.2, 0) is 0 Å². The molecule has 0 fully saturated rings. The van der Waals surface area contributed by atoms with E-state index < -0.39 is 0 Å². The normalized spacial score (nSPS) is 10.7. The molecule has 2 aromatic heterocycles. The minimum atomic E-state index is 0.707. The third-order valence-electron chi connectivity index (χ3n) is 1.57. The van der Waals surface area contributed by atoms with Crippen molar-refractivity contribution in [2.24, 2.45) is 0 Å². The second-order valence-electron chi connectivity index (χ2n) is 2.37. The first-order chi connectivity index (χ1) is 5.27. The minimum Gasteiger partial charge on any atom is -0.300 e. The van der Waals surface area contributed by atoms with Gasteiger partial charge in [-0.3, -0.25) is 0 Å². The molecule has 2 aromatic rings. The Balaban J connectivity index is 2.87. The summed E-state index contributed by atoms with van der Waals surface area (Å²) in [4.78, 5) is 8.13. The van der Waals surface area contributed by atoms with E-state index in [1.165, 1.54) is 0 Å². The summed E-state index contributed by atoms with van der Waals surface area (Å²) in [7, 11) is 0. The third-order valence-corrected chi connectivity index (χ3v) is 1.80. The van der Waals surface area contributed by atoms with Crippen LogP contribution in [0.5, 0.6) is 0 Å². The van der Waals surface area contributed by atoms with Crippen molar-refractivity contribution < 1.29 is 0 Å². The summed E-state index contributed by atoms with van der Waals surface area (Å²) in [5, 5.41) is 0.707. The lowest BCUT2D eigenvalue weighted by Crippen LogP contribution is -1.88. The van der Waals surface area contributed by atoms with Gasteiger partial charge in [0.1, 0.15) is 5.03 Å². The van der Waals surface area contributed by atoms with Crippen LogP contribution in [0.25, 0.3) is 5.65 Å². The fourth-order valence-electron chi connectivity index (χ4n) is 1.00. The fraction of sp³-hybridized carbons (Fsp3) is 0.143. The number of aryl methyl sites for hydroxylation is 1. The molecule has 0 aliphatic heterocycles. The maximum absolute atomic E-state index is 4.13. The number of thiol groups is 1. The standard InChI is InChI=1S/C7H7N3S/c1-5-2-8-6-3-9-7(11)4-10(5)6/h2-4,11H,1H3. The summed E-state index contributed by atoms with van der Waals surface area (Å²) in [5.74, 6) is 0. The number of hydrogen-bond acceptors (Lipinski definition) is 3. The fourth-order valence-corrected chi connectivity index (χ4v) is 1.17. The van der Waals surface area contributed by atoms with Crippen molar-refractivity contribution in [2.75, 3.05) is 0 Å². The number of aromatic nitrogens is 3. The Morgan fingerprint density at radius 1 is 1.36 bits per heavy atom. The van der Waals surface area contributed by atoms with Gasteiger partial charge in [-0.15, -0.1) is 12.6 Å². The van der Waals surface area contributed by atoms with Gasteiger partial charge >= 0.3 is 0 Å². The molecule has 0 aliphatic rings. The predicted molar refractivity (Wildman–Crippen MR) is 45.0 cm³/mol. The predicted octanol–water partition coefficient (Wildman–Crippen LogP) is 1.33. The molecular weight excluding hydrogens is 158 g/mol. The Morgan fingerprint density at radius 2 is 2.18 bits per heavy atom. The van der Waals surface area contributed by atoms with Gasteiger partial charge < -0.3 is 4.40 Å². The van der Waals surface area contributed by atoms with Crippen molar-refractivity contribution >= 4 is 18.3 Å². The highest BCUT2D eigenvalue weighted by atomic mass is 32.1. The highest BCUT2D eigenvalue weighted by molar-refractivity contribution is 7.80. The van der Waals surface area contributed by atoms with Crippen LogP contribution < -0.4 is 0 Å². The lowest BCUT2D eigenvalue weighted by molar-refractivity contribution is 0.996. The van der Waals surface area contributed by atoms with E-state index in [0.29, 0.717) is 5.03 Å². The molecule has 3 nitrogen and oxygen atoms in total. The Bertz CT molecular complexity index is 393. The van der Waals surface area contributed by atoms with Crippen LogP contribution >= 0.6 is 12.6 Å². The van der Waals surface area contributed by atoms with Gasteiger partial charge in [-0.05, 0) is 6.92 Å². The summed E-state index contributed by atoms with van der Waals surface area (Å²) in [6, 6.07) is 0. The summed E-state index contributed by atoms with van der Waals surface area (Å²) in [6.45, 7) is 1.99. The van der Waals surface area contributed by atoms with E-state index in [0.717, 1.165) is 11.3 Å². The summed E-state index contributed by atoms with van der Waals surface area (Å²) >= 11 is 4.12. The van der Waals surface area contributed by atoms with Crippen LogP contribution in [0.3, 0.4) is 0 Å².